The molecule has 2 atom stereocenters. The van der Waals surface area contributed by atoms with Crippen LogP contribution in [-0.2, 0) is 14.3 Å². The molecule has 35 heavy (non-hydrogen) atoms. The van der Waals surface area contributed by atoms with Gasteiger partial charge in [0.15, 0.2) is 0 Å². The summed E-state index contributed by atoms with van der Waals surface area (Å²) in [4.78, 5) is 40.3. The number of fused-ring (bicyclic) bond motifs is 5. The third-order valence-electron chi connectivity index (χ3n) is 8.34. The summed E-state index contributed by atoms with van der Waals surface area (Å²) >= 11 is 0. The third-order valence-corrected chi connectivity index (χ3v) is 8.34. The number of carbonyl (C=O) groups excluding carboxylic acids is 2. The Hall–Kier alpha value is -3.35. The lowest BCUT2D eigenvalue weighted by molar-refractivity contribution is -0.156. The first kappa shape index (κ1) is 23.4. The van der Waals surface area contributed by atoms with Gasteiger partial charge in [0.2, 0.25) is 5.91 Å². The lowest BCUT2D eigenvalue weighted by Crippen LogP contribution is -2.58. The van der Waals surface area contributed by atoms with E-state index < -0.39 is 23.6 Å². The smallest absolute Gasteiger partial charge is 0.407 e. The summed E-state index contributed by atoms with van der Waals surface area (Å²) in [6.07, 6.45) is 2.33. The molecule has 0 radical (unpaired) electrons. The van der Waals surface area contributed by atoms with Crippen LogP contribution in [0.3, 0.4) is 0 Å². The Labute approximate surface area is 205 Å². The summed E-state index contributed by atoms with van der Waals surface area (Å²) < 4.78 is 5.68. The van der Waals surface area contributed by atoms with Crippen molar-refractivity contribution in [3.8, 4) is 11.1 Å². The van der Waals surface area contributed by atoms with Gasteiger partial charge in [0.05, 0.1) is 0 Å². The lowest BCUT2D eigenvalue weighted by atomic mass is 9.87. The molecular weight excluding hydrogens is 444 g/mol. The largest absolute Gasteiger partial charge is 0.479 e. The van der Waals surface area contributed by atoms with Gasteiger partial charge in [0, 0.05) is 12.0 Å². The minimum atomic E-state index is -1.14. The number of amides is 2. The molecule has 2 aromatic rings. The van der Waals surface area contributed by atoms with Gasteiger partial charge in [-0.15, -0.1) is 0 Å². The monoisotopic (exact) mass is 476 g/mol. The predicted molar refractivity (Wildman–Crippen MR) is 131 cm³/mol. The van der Waals surface area contributed by atoms with E-state index in [1.165, 1.54) is 0 Å². The number of ether oxygens (including phenoxy) is 1. The van der Waals surface area contributed by atoms with Gasteiger partial charge in [-0.1, -0.05) is 68.8 Å². The molecule has 2 N–H and O–H groups in total. The fourth-order valence-electron chi connectivity index (χ4n) is 6.24. The van der Waals surface area contributed by atoms with Gasteiger partial charge in [-0.25, -0.2) is 9.59 Å². The number of rotatable bonds is 7. The molecule has 5 rings (SSSR count). The molecule has 2 heterocycles. The maximum Gasteiger partial charge on any atom is 0.407 e. The number of hydrogen-bond acceptors (Lipinski definition) is 4. The van der Waals surface area contributed by atoms with Crippen molar-refractivity contribution in [3.05, 3.63) is 59.7 Å². The second kappa shape index (κ2) is 9.02. The third kappa shape index (κ3) is 3.77. The molecule has 2 fully saturated rings. The number of hydrogen-bond donors (Lipinski definition) is 2. The standard InChI is InChI=1S/C28H32N2O5/c1-3-17(2)24(25(31)30-18-12-14-28(30,15-13-18)26(32)33)29-27(34)35-16-23-21-10-6-4-8-19(21)20-9-5-7-11-22(20)23/h4-11,17-18,23-24H,3,12-16H2,1-2H3,(H,29,34)(H,32,33). The van der Waals surface area contributed by atoms with E-state index in [1.807, 2.05) is 38.1 Å². The molecule has 2 amide bonds. The summed E-state index contributed by atoms with van der Waals surface area (Å²) in [5.74, 6) is -1.49. The number of carbonyl (C=O) groups is 3. The molecule has 0 aromatic heterocycles. The molecule has 2 unspecified atom stereocenters. The van der Waals surface area contributed by atoms with Crippen LogP contribution < -0.4 is 5.32 Å². The molecule has 0 spiro atoms. The molecular formula is C28H32N2O5. The first-order chi connectivity index (χ1) is 16.9. The molecule has 2 aromatic carbocycles. The zero-order valence-corrected chi connectivity index (χ0v) is 20.2. The predicted octanol–water partition coefficient (Wildman–Crippen LogP) is 4.55. The van der Waals surface area contributed by atoms with E-state index in [-0.39, 0.29) is 30.4 Å². The molecule has 7 heteroatoms. The van der Waals surface area contributed by atoms with Crippen molar-refractivity contribution in [1.82, 2.24) is 10.2 Å². The molecule has 1 aliphatic carbocycles. The molecule has 0 saturated carbocycles. The van der Waals surface area contributed by atoms with E-state index in [0.29, 0.717) is 32.1 Å². The molecule has 184 valence electrons. The zero-order valence-electron chi connectivity index (χ0n) is 20.2. The Balaban J connectivity index is 1.31. The van der Waals surface area contributed by atoms with Crippen LogP contribution in [0, 0.1) is 5.92 Å². The van der Waals surface area contributed by atoms with Crippen molar-refractivity contribution in [2.24, 2.45) is 5.92 Å². The van der Waals surface area contributed by atoms with Gasteiger partial charge in [0.1, 0.15) is 18.2 Å². The Bertz CT molecular complexity index is 1110. The van der Waals surface area contributed by atoms with Crippen molar-refractivity contribution in [3.63, 3.8) is 0 Å². The number of nitrogens with zero attached hydrogens (tertiary/aromatic N) is 1. The van der Waals surface area contributed by atoms with Gasteiger partial charge in [-0.2, -0.15) is 0 Å². The van der Waals surface area contributed by atoms with E-state index in [2.05, 4.69) is 29.6 Å². The topological polar surface area (TPSA) is 95.9 Å². The van der Waals surface area contributed by atoms with Gasteiger partial charge >= 0.3 is 12.1 Å². The first-order valence-corrected chi connectivity index (χ1v) is 12.6. The van der Waals surface area contributed by atoms with Gasteiger partial charge in [-0.05, 0) is 53.9 Å². The maximum atomic E-state index is 13.6. The zero-order chi connectivity index (χ0) is 24.7. The molecule has 2 saturated heterocycles. The highest BCUT2D eigenvalue weighted by molar-refractivity contribution is 5.93. The average molecular weight is 477 g/mol. The Morgan fingerprint density at radius 1 is 1.06 bits per heavy atom. The maximum absolute atomic E-state index is 13.6. The minimum Gasteiger partial charge on any atom is -0.479 e. The van der Waals surface area contributed by atoms with Crippen molar-refractivity contribution in [1.29, 1.82) is 0 Å². The van der Waals surface area contributed by atoms with Crippen molar-refractivity contribution < 1.29 is 24.2 Å². The lowest BCUT2D eigenvalue weighted by Gasteiger charge is -2.35. The molecule has 2 aliphatic heterocycles. The fraction of sp³-hybridized carbons (Fsp3) is 0.464. The van der Waals surface area contributed by atoms with Gasteiger partial charge < -0.3 is 20.1 Å². The number of alkyl carbamates (subject to hydrolysis) is 1. The van der Waals surface area contributed by atoms with Crippen LogP contribution >= 0.6 is 0 Å². The molecule has 3 aliphatic rings. The van der Waals surface area contributed by atoms with Crippen LogP contribution in [0.15, 0.2) is 48.5 Å². The van der Waals surface area contributed by atoms with E-state index in [0.717, 1.165) is 22.3 Å². The summed E-state index contributed by atoms with van der Waals surface area (Å²) in [7, 11) is 0. The number of carboxylic acids is 1. The highest BCUT2D eigenvalue weighted by Crippen LogP contribution is 2.47. The summed E-state index contributed by atoms with van der Waals surface area (Å²) in [6, 6.07) is 15.3. The number of carboxylic acid groups (broad SMARTS) is 1. The quantitative estimate of drug-likeness (QED) is 0.611. The normalized spacial score (nSPS) is 23.9. The summed E-state index contributed by atoms with van der Waals surface area (Å²) in [5.41, 5.74) is 3.39. The second-order valence-electron chi connectivity index (χ2n) is 10.1. The summed E-state index contributed by atoms with van der Waals surface area (Å²) in [6.45, 7) is 4.01. The SMILES string of the molecule is CCC(C)C(NC(=O)OCC1c2ccccc2-c2ccccc21)C(=O)N1C2CCC1(C(=O)O)CC2. The average Bonchev–Trinajstić information content (AvgIpc) is 3.54. The van der Waals surface area contributed by atoms with Crippen molar-refractivity contribution >= 4 is 18.0 Å². The number of nitrogens with one attached hydrogen (secondary N) is 1. The Kier molecular flexibility index (Phi) is 6.03. The second-order valence-corrected chi connectivity index (χ2v) is 10.1. The van der Waals surface area contributed by atoms with Crippen LogP contribution in [-0.4, -0.2) is 52.2 Å². The number of benzene rings is 2. The Morgan fingerprint density at radius 3 is 2.17 bits per heavy atom. The van der Waals surface area contributed by atoms with Crippen molar-refractivity contribution in [2.45, 2.75) is 69.5 Å². The van der Waals surface area contributed by atoms with E-state index >= 15 is 0 Å². The van der Waals surface area contributed by atoms with Crippen LogP contribution in [0.2, 0.25) is 0 Å². The van der Waals surface area contributed by atoms with Gasteiger partial charge in [-0.3, -0.25) is 4.79 Å². The van der Waals surface area contributed by atoms with Crippen LogP contribution in [0.4, 0.5) is 4.79 Å². The first-order valence-electron chi connectivity index (χ1n) is 12.6. The van der Waals surface area contributed by atoms with E-state index in [1.54, 1.807) is 4.90 Å². The number of aliphatic carboxylic acids is 1. The molecule has 2 bridgehead atoms. The van der Waals surface area contributed by atoms with Crippen LogP contribution in [0.1, 0.15) is 63.0 Å². The van der Waals surface area contributed by atoms with Gasteiger partial charge in [0.25, 0.3) is 0 Å². The van der Waals surface area contributed by atoms with E-state index in [9.17, 15) is 19.5 Å². The van der Waals surface area contributed by atoms with Crippen LogP contribution in [0.25, 0.3) is 11.1 Å². The highest BCUT2D eigenvalue weighted by Gasteiger charge is 2.59. The molecule has 7 nitrogen and oxygen atoms in total. The Morgan fingerprint density at radius 2 is 1.63 bits per heavy atom. The van der Waals surface area contributed by atoms with Crippen LogP contribution in [0.5, 0.6) is 0 Å². The fourth-order valence-corrected chi connectivity index (χ4v) is 6.24. The summed E-state index contributed by atoms with van der Waals surface area (Å²) in [5, 5.41) is 12.7. The van der Waals surface area contributed by atoms with E-state index in [4.69, 9.17) is 4.74 Å². The van der Waals surface area contributed by atoms with Crippen molar-refractivity contribution in [2.75, 3.05) is 6.61 Å². The minimum absolute atomic E-state index is 0.0735. The highest BCUT2D eigenvalue weighted by atomic mass is 16.5.